The van der Waals surface area contributed by atoms with Gasteiger partial charge >= 0.3 is 0 Å². The number of nitrogens with one attached hydrogen (secondary N) is 1. The fourth-order valence-electron chi connectivity index (χ4n) is 1.60. The molecule has 2 N–H and O–H groups in total. The minimum Gasteiger partial charge on any atom is -0.483 e. The Balaban J connectivity index is 2.16. The Hall–Kier alpha value is -1.14. The molecule has 0 radical (unpaired) electrons. The van der Waals surface area contributed by atoms with E-state index in [4.69, 9.17) is 9.84 Å². The van der Waals surface area contributed by atoms with E-state index in [1.165, 1.54) is 18.2 Å². The lowest BCUT2D eigenvalue weighted by Gasteiger charge is -2.08. The van der Waals surface area contributed by atoms with E-state index in [9.17, 15) is 9.18 Å². The van der Waals surface area contributed by atoms with Gasteiger partial charge in [0.2, 0.25) is 0 Å². The molecule has 1 rings (SSSR count). The van der Waals surface area contributed by atoms with E-state index < -0.39 is 0 Å². The van der Waals surface area contributed by atoms with Crippen LogP contribution >= 0.6 is 15.9 Å². The number of aliphatic hydroxyl groups excluding tert-OH is 1. The summed E-state index contributed by atoms with van der Waals surface area (Å²) >= 11 is 3.17. The second-order valence-electron chi connectivity index (χ2n) is 4.35. The summed E-state index contributed by atoms with van der Waals surface area (Å²) in [6.07, 6.45) is 3.62. The van der Waals surface area contributed by atoms with Gasteiger partial charge in [-0.05, 0) is 47.0 Å². The van der Waals surface area contributed by atoms with Gasteiger partial charge in [-0.15, -0.1) is 0 Å². The Morgan fingerprint density at radius 2 is 2.05 bits per heavy atom. The van der Waals surface area contributed by atoms with E-state index in [-0.39, 0.29) is 24.9 Å². The smallest absolute Gasteiger partial charge is 0.257 e. The van der Waals surface area contributed by atoms with Gasteiger partial charge in [-0.25, -0.2) is 4.39 Å². The Kier molecular flexibility index (Phi) is 8.22. The first-order chi connectivity index (χ1) is 9.63. The average molecular weight is 348 g/mol. The minimum atomic E-state index is -0.364. The van der Waals surface area contributed by atoms with E-state index in [1.807, 2.05) is 0 Å². The summed E-state index contributed by atoms with van der Waals surface area (Å²) in [5.41, 5.74) is 0. The molecule has 0 spiro atoms. The predicted octanol–water partition coefficient (Wildman–Crippen LogP) is 2.64. The molecule has 0 aliphatic carbocycles. The van der Waals surface area contributed by atoms with Crippen LogP contribution in [0.4, 0.5) is 4.39 Å². The molecule has 112 valence electrons. The Morgan fingerprint density at radius 1 is 1.30 bits per heavy atom. The average Bonchev–Trinajstić information content (AvgIpc) is 2.41. The van der Waals surface area contributed by atoms with Crippen LogP contribution in [0, 0.1) is 5.82 Å². The maximum Gasteiger partial charge on any atom is 0.257 e. The summed E-state index contributed by atoms with van der Waals surface area (Å²) in [6.45, 7) is 0.714. The molecule has 1 aromatic carbocycles. The zero-order valence-corrected chi connectivity index (χ0v) is 12.8. The van der Waals surface area contributed by atoms with Crippen molar-refractivity contribution in [2.75, 3.05) is 19.8 Å². The number of carbonyl (C=O) groups excluding carboxylic acids is 1. The second kappa shape index (κ2) is 9.72. The van der Waals surface area contributed by atoms with Crippen molar-refractivity contribution in [2.45, 2.75) is 25.7 Å². The zero-order chi connectivity index (χ0) is 14.8. The minimum absolute atomic E-state index is 0.0964. The Bertz CT molecular complexity index is 429. The highest BCUT2D eigenvalue weighted by atomic mass is 79.9. The SMILES string of the molecule is O=C(COc1ccc(F)cc1Br)NCCCCCCO. The highest BCUT2D eigenvalue weighted by Crippen LogP contribution is 2.25. The van der Waals surface area contributed by atoms with E-state index in [0.717, 1.165) is 25.7 Å². The van der Waals surface area contributed by atoms with E-state index in [1.54, 1.807) is 0 Å². The molecule has 20 heavy (non-hydrogen) atoms. The number of carbonyl (C=O) groups is 1. The van der Waals surface area contributed by atoms with Crippen molar-refractivity contribution in [3.05, 3.63) is 28.5 Å². The number of amides is 1. The monoisotopic (exact) mass is 347 g/mol. The number of hydrogen-bond donors (Lipinski definition) is 2. The molecule has 0 fully saturated rings. The topological polar surface area (TPSA) is 58.6 Å². The molecular formula is C14H19BrFNO3. The number of ether oxygens (including phenoxy) is 1. The van der Waals surface area contributed by atoms with Gasteiger partial charge in [-0.2, -0.15) is 0 Å². The molecule has 0 aliphatic rings. The lowest BCUT2D eigenvalue weighted by atomic mass is 10.2. The van der Waals surface area contributed by atoms with E-state index in [0.29, 0.717) is 16.8 Å². The lowest BCUT2D eigenvalue weighted by molar-refractivity contribution is -0.123. The maximum absolute atomic E-state index is 12.9. The third-order valence-corrected chi connectivity index (χ3v) is 3.28. The summed E-state index contributed by atoms with van der Waals surface area (Å²) < 4.78 is 18.6. The van der Waals surface area contributed by atoms with Crippen LogP contribution in [-0.4, -0.2) is 30.8 Å². The molecule has 0 aromatic heterocycles. The van der Waals surface area contributed by atoms with Crippen LogP contribution in [0.5, 0.6) is 5.75 Å². The highest BCUT2D eigenvalue weighted by Gasteiger charge is 2.06. The molecule has 0 aliphatic heterocycles. The fraction of sp³-hybridized carbons (Fsp3) is 0.500. The summed E-state index contributed by atoms with van der Waals surface area (Å²) in [4.78, 5) is 11.5. The molecule has 0 heterocycles. The summed E-state index contributed by atoms with van der Waals surface area (Å²) in [5, 5.41) is 11.4. The molecule has 1 amide bonds. The van der Waals surface area contributed by atoms with E-state index in [2.05, 4.69) is 21.2 Å². The van der Waals surface area contributed by atoms with Gasteiger partial charge < -0.3 is 15.2 Å². The molecule has 1 aromatic rings. The van der Waals surface area contributed by atoms with Crippen LogP contribution in [0.3, 0.4) is 0 Å². The zero-order valence-electron chi connectivity index (χ0n) is 11.2. The molecule has 4 nitrogen and oxygen atoms in total. The third-order valence-electron chi connectivity index (χ3n) is 2.66. The van der Waals surface area contributed by atoms with Crippen LogP contribution in [0.15, 0.2) is 22.7 Å². The van der Waals surface area contributed by atoms with Gasteiger partial charge in [0.25, 0.3) is 5.91 Å². The van der Waals surface area contributed by atoms with Crippen molar-refractivity contribution >= 4 is 21.8 Å². The van der Waals surface area contributed by atoms with Crippen LogP contribution in [0.2, 0.25) is 0 Å². The van der Waals surface area contributed by atoms with Crippen molar-refractivity contribution in [3.8, 4) is 5.75 Å². The van der Waals surface area contributed by atoms with Gasteiger partial charge in [-0.3, -0.25) is 4.79 Å². The van der Waals surface area contributed by atoms with Gasteiger partial charge in [-0.1, -0.05) is 12.8 Å². The quantitative estimate of drug-likeness (QED) is 0.675. The van der Waals surface area contributed by atoms with Crippen LogP contribution in [-0.2, 0) is 4.79 Å². The summed E-state index contributed by atoms with van der Waals surface area (Å²) in [6, 6.07) is 4.04. The largest absolute Gasteiger partial charge is 0.483 e. The number of rotatable bonds is 9. The Labute approximate surface area is 126 Å². The lowest BCUT2D eigenvalue weighted by Crippen LogP contribution is -2.29. The number of aliphatic hydroxyl groups is 1. The number of halogens is 2. The van der Waals surface area contributed by atoms with Crippen molar-refractivity contribution in [1.82, 2.24) is 5.32 Å². The van der Waals surface area contributed by atoms with Gasteiger partial charge in [0.1, 0.15) is 11.6 Å². The van der Waals surface area contributed by atoms with Crippen molar-refractivity contribution in [3.63, 3.8) is 0 Å². The van der Waals surface area contributed by atoms with Gasteiger partial charge in [0.05, 0.1) is 4.47 Å². The molecule has 6 heteroatoms. The number of unbranched alkanes of at least 4 members (excludes halogenated alkanes) is 3. The first kappa shape index (κ1) is 16.9. The first-order valence-corrected chi connectivity index (χ1v) is 7.38. The maximum atomic E-state index is 12.9. The molecule has 0 atom stereocenters. The van der Waals surface area contributed by atoms with Gasteiger partial charge in [0, 0.05) is 13.2 Å². The first-order valence-electron chi connectivity index (χ1n) is 6.59. The molecule has 0 saturated heterocycles. The van der Waals surface area contributed by atoms with E-state index >= 15 is 0 Å². The normalized spacial score (nSPS) is 10.3. The standard InChI is InChI=1S/C14H19BrFNO3/c15-12-9-11(16)5-6-13(12)20-10-14(19)17-7-3-1-2-4-8-18/h5-6,9,18H,1-4,7-8,10H2,(H,17,19). The van der Waals surface area contributed by atoms with Gasteiger partial charge in [0.15, 0.2) is 6.61 Å². The molecule has 0 bridgehead atoms. The Morgan fingerprint density at radius 3 is 2.75 bits per heavy atom. The van der Waals surface area contributed by atoms with Crippen molar-refractivity contribution < 1.29 is 19.0 Å². The van der Waals surface area contributed by atoms with Crippen molar-refractivity contribution in [1.29, 1.82) is 0 Å². The second-order valence-corrected chi connectivity index (χ2v) is 5.21. The van der Waals surface area contributed by atoms with Crippen LogP contribution in [0.1, 0.15) is 25.7 Å². The summed E-state index contributed by atoms with van der Waals surface area (Å²) in [5.74, 6) is -0.135. The number of hydrogen-bond acceptors (Lipinski definition) is 3. The van der Waals surface area contributed by atoms with Crippen LogP contribution in [0.25, 0.3) is 0 Å². The summed E-state index contributed by atoms with van der Waals surface area (Å²) in [7, 11) is 0. The fourth-order valence-corrected chi connectivity index (χ4v) is 2.07. The molecule has 0 unspecified atom stereocenters. The third kappa shape index (κ3) is 6.86. The molecular weight excluding hydrogens is 329 g/mol. The van der Waals surface area contributed by atoms with Crippen LogP contribution < -0.4 is 10.1 Å². The highest BCUT2D eigenvalue weighted by molar-refractivity contribution is 9.10. The predicted molar refractivity (Wildman–Crippen MR) is 78.2 cm³/mol. The number of benzene rings is 1. The van der Waals surface area contributed by atoms with Crippen molar-refractivity contribution in [2.24, 2.45) is 0 Å². The molecule has 0 saturated carbocycles.